The Kier molecular flexibility index (Phi) is 9.16. The maximum Gasteiger partial charge on any atom is 0.266 e. The van der Waals surface area contributed by atoms with E-state index >= 15 is 0 Å². The third kappa shape index (κ3) is 6.93. The maximum absolute atomic E-state index is 13.1. The number of amidine groups is 1. The zero-order valence-electron chi connectivity index (χ0n) is 22.0. The quantitative estimate of drug-likeness (QED) is 0.306. The molecule has 0 bridgehead atoms. The number of likely N-dealkylation sites (N-methyl/N-ethyl adjacent to an activating group) is 1. The van der Waals surface area contributed by atoms with Gasteiger partial charge in [0.2, 0.25) is 0 Å². The number of aryl methyl sites for hydroxylation is 1. The van der Waals surface area contributed by atoms with Crippen LogP contribution in [0.3, 0.4) is 0 Å². The molecule has 0 spiro atoms. The Labute approximate surface area is 236 Å². The smallest absolute Gasteiger partial charge is 0.266 e. The topological polar surface area (TPSA) is 89.5 Å². The lowest BCUT2D eigenvalue weighted by Gasteiger charge is -2.14. The van der Waals surface area contributed by atoms with E-state index in [0.29, 0.717) is 39.3 Å². The predicted octanol–water partition coefficient (Wildman–Crippen LogP) is 6.31. The van der Waals surface area contributed by atoms with Gasteiger partial charge in [-0.05, 0) is 85.8 Å². The first-order valence-corrected chi connectivity index (χ1v) is 13.3. The normalized spacial score (nSPS) is 15.1. The number of hydrogen-bond donors (Lipinski definition) is 1. The van der Waals surface area contributed by atoms with Gasteiger partial charge in [0.1, 0.15) is 5.75 Å². The molecule has 1 saturated heterocycles. The Balaban J connectivity index is 1.50. The molecular weight excluding hydrogens is 538 g/mol. The molecule has 0 radical (unpaired) electrons. The van der Waals surface area contributed by atoms with Crippen LogP contribution >= 0.6 is 23.4 Å². The summed E-state index contributed by atoms with van der Waals surface area (Å²) in [4.78, 5) is 32.2. The van der Waals surface area contributed by atoms with Crippen LogP contribution in [0.15, 0.2) is 70.6 Å². The van der Waals surface area contributed by atoms with E-state index in [9.17, 15) is 9.59 Å². The summed E-state index contributed by atoms with van der Waals surface area (Å²) in [5, 5.41) is 3.61. The average molecular weight is 566 g/mol. The first-order chi connectivity index (χ1) is 18.8. The summed E-state index contributed by atoms with van der Waals surface area (Å²) < 4.78 is 16.4. The van der Waals surface area contributed by atoms with Gasteiger partial charge < -0.3 is 19.5 Å². The summed E-state index contributed by atoms with van der Waals surface area (Å²) in [5.74, 6) is 0.819. The molecule has 1 aliphatic rings. The second-order valence-electron chi connectivity index (χ2n) is 8.49. The fourth-order valence-corrected chi connectivity index (χ4v) is 5.06. The minimum atomic E-state index is -0.334. The summed E-state index contributed by atoms with van der Waals surface area (Å²) in [6.45, 7) is 4.08. The van der Waals surface area contributed by atoms with Crippen LogP contribution in [-0.2, 0) is 9.59 Å². The van der Waals surface area contributed by atoms with E-state index in [0.717, 1.165) is 11.3 Å². The van der Waals surface area contributed by atoms with Gasteiger partial charge in [0.15, 0.2) is 23.3 Å². The first-order valence-electron chi connectivity index (χ1n) is 12.1. The van der Waals surface area contributed by atoms with Crippen molar-refractivity contribution in [3.05, 3.63) is 81.7 Å². The molecule has 10 heteroatoms. The second-order valence-corrected chi connectivity index (χ2v) is 9.91. The van der Waals surface area contributed by atoms with Gasteiger partial charge in [-0.3, -0.25) is 14.5 Å². The second kappa shape index (κ2) is 12.7. The van der Waals surface area contributed by atoms with Crippen molar-refractivity contribution < 1.29 is 23.8 Å². The molecule has 8 nitrogen and oxygen atoms in total. The van der Waals surface area contributed by atoms with Crippen LogP contribution in [0.1, 0.15) is 18.1 Å². The largest absolute Gasteiger partial charge is 0.497 e. The third-order valence-electron chi connectivity index (χ3n) is 5.73. The van der Waals surface area contributed by atoms with Crippen molar-refractivity contribution in [1.82, 2.24) is 4.90 Å². The predicted molar refractivity (Wildman–Crippen MR) is 156 cm³/mol. The Morgan fingerprint density at radius 3 is 2.44 bits per heavy atom. The van der Waals surface area contributed by atoms with E-state index in [1.54, 1.807) is 30.2 Å². The number of rotatable bonds is 9. The Morgan fingerprint density at radius 1 is 1.08 bits per heavy atom. The van der Waals surface area contributed by atoms with Crippen molar-refractivity contribution in [3.8, 4) is 17.2 Å². The molecule has 1 N–H and O–H groups in total. The van der Waals surface area contributed by atoms with Crippen LogP contribution in [-0.4, -0.2) is 49.3 Å². The van der Waals surface area contributed by atoms with Crippen molar-refractivity contribution in [2.45, 2.75) is 13.8 Å². The SMILES string of the molecule is CCN1C(=O)/C(=C\c2cc(Cl)c(OCC(=O)Nc3ccc(C)cc3)c(OC)c2)SC1=Nc1ccc(OC)cc1. The summed E-state index contributed by atoms with van der Waals surface area (Å²) in [7, 11) is 3.08. The Bertz CT molecular complexity index is 1420. The van der Waals surface area contributed by atoms with Gasteiger partial charge in [0.05, 0.1) is 29.8 Å². The average Bonchev–Trinajstić information content (AvgIpc) is 3.22. The zero-order valence-corrected chi connectivity index (χ0v) is 23.6. The first kappa shape index (κ1) is 28.1. The highest BCUT2D eigenvalue weighted by Gasteiger charge is 2.32. The molecule has 0 unspecified atom stereocenters. The molecule has 1 aliphatic heterocycles. The molecule has 1 fully saturated rings. The van der Waals surface area contributed by atoms with E-state index in [4.69, 9.17) is 25.8 Å². The van der Waals surface area contributed by atoms with Crippen molar-refractivity contribution >= 4 is 57.8 Å². The summed E-state index contributed by atoms with van der Waals surface area (Å²) >= 11 is 7.79. The monoisotopic (exact) mass is 565 g/mol. The van der Waals surface area contributed by atoms with Crippen molar-refractivity contribution in [3.63, 3.8) is 0 Å². The summed E-state index contributed by atoms with van der Waals surface area (Å²) in [6, 6.07) is 18.1. The van der Waals surface area contributed by atoms with Gasteiger partial charge in [-0.25, -0.2) is 4.99 Å². The van der Waals surface area contributed by atoms with Crippen molar-refractivity contribution in [1.29, 1.82) is 0 Å². The molecule has 3 aromatic rings. The number of hydrogen-bond acceptors (Lipinski definition) is 7. The van der Waals surface area contributed by atoms with Gasteiger partial charge in [0, 0.05) is 12.2 Å². The van der Waals surface area contributed by atoms with Crippen LogP contribution in [0, 0.1) is 6.92 Å². The molecule has 202 valence electrons. The molecule has 0 atom stereocenters. The molecule has 39 heavy (non-hydrogen) atoms. The lowest BCUT2D eigenvalue weighted by Crippen LogP contribution is -2.28. The Hall–Kier alpha value is -3.95. The standard InChI is InChI=1S/C29H28ClN3O5S/c1-5-33-28(35)25(39-29(33)32-21-10-12-22(36-3)13-11-21)16-19-14-23(30)27(24(15-19)37-4)38-17-26(34)31-20-8-6-18(2)7-9-20/h6-16H,5,17H2,1-4H3,(H,31,34)/b25-16+,32-29?. The number of aliphatic imine (C=N–C) groups is 1. The van der Waals surface area contributed by atoms with Gasteiger partial charge in [-0.2, -0.15) is 0 Å². The van der Waals surface area contributed by atoms with Crippen molar-refractivity contribution in [2.24, 2.45) is 4.99 Å². The van der Waals surface area contributed by atoms with E-state index in [2.05, 4.69) is 10.3 Å². The molecule has 1 heterocycles. The number of carbonyl (C=O) groups excluding carboxylic acids is 2. The molecule has 0 aromatic heterocycles. The summed E-state index contributed by atoms with van der Waals surface area (Å²) in [6.07, 6.45) is 1.73. The number of halogens is 1. The number of ether oxygens (including phenoxy) is 3. The maximum atomic E-state index is 13.1. The van der Waals surface area contributed by atoms with Crippen LogP contribution in [0.2, 0.25) is 5.02 Å². The number of thioether (sulfide) groups is 1. The van der Waals surface area contributed by atoms with Crippen molar-refractivity contribution in [2.75, 3.05) is 32.7 Å². The number of anilines is 1. The molecule has 2 amide bonds. The highest BCUT2D eigenvalue weighted by atomic mass is 35.5. The third-order valence-corrected chi connectivity index (χ3v) is 7.02. The van der Waals surface area contributed by atoms with E-state index in [1.165, 1.54) is 18.9 Å². The van der Waals surface area contributed by atoms with E-state index in [1.807, 2.05) is 62.4 Å². The van der Waals surface area contributed by atoms with Gasteiger partial charge in [-0.15, -0.1) is 0 Å². The number of nitrogens with zero attached hydrogens (tertiary/aromatic N) is 2. The molecule has 3 aromatic carbocycles. The lowest BCUT2D eigenvalue weighted by molar-refractivity contribution is -0.122. The molecule has 0 saturated carbocycles. The van der Waals surface area contributed by atoms with Gasteiger partial charge in [-0.1, -0.05) is 29.3 Å². The highest BCUT2D eigenvalue weighted by molar-refractivity contribution is 8.18. The number of nitrogens with one attached hydrogen (secondary N) is 1. The number of benzene rings is 3. The minimum Gasteiger partial charge on any atom is -0.497 e. The van der Waals surface area contributed by atoms with Gasteiger partial charge in [0.25, 0.3) is 11.8 Å². The van der Waals surface area contributed by atoms with Gasteiger partial charge >= 0.3 is 0 Å². The van der Waals surface area contributed by atoms with E-state index in [-0.39, 0.29) is 29.2 Å². The van der Waals surface area contributed by atoms with Crippen LogP contribution < -0.4 is 19.5 Å². The Morgan fingerprint density at radius 2 is 1.79 bits per heavy atom. The fraction of sp³-hybridized carbons (Fsp3) is 0.207. The van der Waals surface area contributed by atoms with Crippen LogP contribution in [0.5, 0.6) is 17.2 Å². The fourth-order valence-electron chi connectivity index (χ4n) is 3.72. The summed E-state index contributed by atoms with van der Waals surface area (Å²) in [5.41, 5.74) is 3.12. The molecular formula is C29H28ClN3O5S. The van der Waals surface area contributed by atoms with Crippen LogP contribution in [0.25, 0.3) is 6.08 Å². The highest BCUT2D eigenvalue weighted by Crippen LogP contribution is 2.39. The minimum absolute atomic E-state index is 0.155. The zero-order chi connectivity index (χ0) is 27.9. The van der Waals surface area contributed by atoms with Crippen LogP contribution in [0.4, 0.5) is 11.4 Å². The molecule has 0 aliphatic carbocycles. The number of methoxy groups -OCH3 is 2. The number of carbonyl (C=O) groups is 2. The molecule has 4 rings (SSSR count). The lowest BCUT2D eigenvalue weighted by atomic mass is 10.1. The van der Waals surface area contributed by atoms with E-state index < -0.39 is 0 Å². The number of amides is 2.